The second kappa shape index (κ2) is 6.75. The van der Waals surface area contributed by atoms with Crippen molar-refractivity contribution in [1.82, 2.24) is 9.88 Å². The van der Waals surface area contributed by atoms with E-state index in [0.29, 0.717) is 6.54 Å². The molecular formula is C20H25N3O2. The molecule has 0 aliphatic carbocycles. The van der Waals surface area contributed by atoms with Crippen molar-refractivity contribution in [2.45, 2.75) is 32.7 Å². The summed E-state index contributed by atoms with van der Waals surface area (Å²) in [6, 6.07) is 8.24. The van der Waals surface area contributed by atoms with Gasteiger partial charge in [-0.3, -0.25) is 9.59 Å². The fourth-order valence-corrected chi connectivity index (χ4v) is 3.47. The van der Waals surface area contributed by atoms with Crippen molar-refractivity contribution in [2.24, 2.45) is 0 Å². The zero-order valence-corrected chi connectivity index (χ0v) is 15.1. The van der Waals surface area contributed by atoms with Crippen molar-refractivity contribution < 1.29 is 4.79 Å². The first-order valence-electron chi connectivity index (χ1n) is 8.75. The number of amides is 1. The second-order valence-corrected chi connectivity index (χ2v) is 7.01. The van der Waals surface area contributed by atoms with Gasteiger partial charge in [0.1, 0.15) is 0 Å². The third-order valence-electron chi connectivity index (χ3n) is 4.93. The summed E-state index contributed by atoms with van der Waals surface area (Å²) in [5, 5.41) is 1.04. The van der Waals surface area contributed by atoms with E-state index in [1.165, 1.54) is 6.08 Å². The Bertz CT molecular complexity index is 869. The van der Waals surface area contributed by atoms with Gasteiger partial charge in [-0.2, -0.15) is 0 Å². The van der Waals surface area contributed by atoms with E-state index in [0.717, 1.165) is 35.2 Å². The molecule has 1 aliphatic heterocycles. The normalized spacial score (nSPS) is 18.0. The Hall–Kier alpha value is -2.56. The first-order chi connectivity index (χ1) is 11.9. The Morgan fingerprint density at radius 3 is 2.72 bits per heavy atom. The summed E-state index contributed by atoms with van der Waals surface area (Å²) in [4.78, 5) is 31.1. The van der Waals surface area contributed by atoms with Crippen molar-refractivity contribution in [1.29, 1.82) is 0 Å². The number of fused-ring (bicyclic) bond motifs is 1. The van der Waals surface area contributed by atoms with Gasteiger partial charge in [0.2, 0.25) is 5.91 Å². The number of hydrogen-bond donors (Lipinski definition) is 1. The van der Waals surface area contributed by atoms with Crippen LogP contribution in [-0.4, -0.2) is 41.5 Å². The molecule has 0 radical (unpaired) electrons. The Labute approximate surface area is 147 Å². The van der Waals surface area contributed by atoms with Crippen molar-refractivity contribution in [3.05, 3.63) is 52.8 Å². The lowest BCUT2D eigenvalue weighted by Gasteiger charge is -2.40. The maximum atomic E-state index is 12.1. The number of pyridine rings is 1. The third-order valence-corrected chi connectivity index (χ3v) is 4.93. The van der Waals surface area contributed by atoms with Gasteiger partial charge in [-0.15, -0.1) is 0 Å². The van der Waals surface area contributed by atoms with Gasteiger partial charge >= 0.3 is 0 Å². The van der Waals surface area contributed by atoms with Crippen LogP contribution in [0.2, 0.25) is 0 Å². The highest BCUT2D eigenvalue weighted by molar-refractivity contribution is 5.87. The maximum absolute atomic E-state index is 12.1. The molecule has 5 nitrogen and oxygen atoms in total. The molecule has 1 saturated heterocycles. The number of H-pyrrole nitrogens is 1. The van der Waals surface area contributed by atoms with E-state index < -0.39 is 0 Å². The molecule has 2 aromatic rings. The maximum Gasteiger partial charge on any atom is 0.251 e. The van der Waals surface area contributed by atoms with Crippen LogP contribution in [0.15, 0.2) is 41.7 Å². The van der Waals surface area contributed by atoms with Gasteiger partial charge < -0.3 is 14.8 Å². The van der Waals surface area contributed by atoms with Crippen LogP contribution in [0.1, 0.15) is 32.3 Å². The topological polar surface area (TPSA) is 56.4 Å². The number of carbonyl (C=O) groups excluding carboxylic acids is 1. The molecular weight excluding hydrogens is 314 g/mol. The summed E-state index contributed by atoms with van der Waals surface area (Å²) in [5.74, 6) is 0.176. The number of benzene rings is 1. The summed E-state index contributed by atoms with van der Waals surface area (Å²) in [5.41, 5.74) is 2.76. The Morgan fingerprint density at radius 1 is 1.32 bits per heavy atom. The summed E-state index contributed by atoms with van der Waals surface area (Å²) < 4.78 is 0. The molecule has 0 bridgehead atoms. The second-order valence-electron chi connectivity index (χ2n) is 7.01. The van der Waals surface area contributed by atoms with Gasteiger partial charge in [-0.25, -0.2) is 0 Å². The van der Waals surface area contributed by atoms with Gasteiger partial charge in [0, 0.05) is 47.8 Å². The monoisotopic (exact) mass is 339 g/mol. The predicted molar refractivity (Wildman–Crippen MR) is 102 cm³/mol. The molecule has 1 atom stereocenters. The SMILES string of the molecule is C=CC(=O)N1CCN(c2ccc3[nH]c(=O)c(C(C)C)cc3c2)CC1C. The Kier molecular flexibility index (Phi) is 4.66. The third kappa shape index (κ3) is 3.31. The van der Waals surface area contributed by atoms with Crippen LogP contribution in [0, 0.1) is 0 Å². The fraction of sp³-hybridized carbons (Fsp3) is 0.400. The molecule has 1 aliphatic rings. The molecule has 0 saturated carbocycles. The molecule has 3 rings (SSSR count). The highest BCUT2D eigenvalue weighted by atomic mass is 16.2. The van der Waals surface area contributed by atoms with E-state index in [4.69, 9.17) is 0 Å². The molecule has 25 heavy (non-hydrogen) atoms. The van der Waals surface area contributed by atoms with Gasteiger partial charge in [0.15, 0.2) is 0 Å². The quantitative estimate of drug-likeness (QED) is 0.875. The van der Waals surface area contributed by atoms with Gasteiger partial charge in [-0.05, 0) is 43.2 Å². The number of aromatic amines is 1. The largest absolute Gasteiger partial charge is 0.368 e. The lowest BCUT2D eigenvalue weighted by Crippen LogP contribution is -2.53. The number of rotatable bonds is 3. The van der Waals surface area contributed by atoms with Crippen LogP contribution >= 0.6 is 0 Å². The molecule has 1 aromatic heterocycles. The molecule has 1 unspecified atom stereocenters. The van der Waals surface area contributed by atoms with Crippen LogP contribution in [0.3, 0.4) is 0 Å². The Morgan fingerprint density at radius 2 is 2.08 bits per heavy atom. The number of anilines is 1. The van der Waals surface area contributed by atoms with Crippen LogP contribution in [-0.2, 0) is 4.79 Å². The average molecular weight is 339 g/mol. The molecule has 1 N–H and O–H groups in total. The summed E-state index contributed by atoms with van der Waals surface area (Å²) >= 11 is 0. The van der Waals surface area contributed by atoms with E-state index in [1.54, 1.807) is 0 Å². The molecule has 132 valence electrons. The highest BCUT2D eigenvalue weighted by Crippen LogP contribution is 2.25. The molecule has 5 heteroatoms. The van der Waals surface area contributed by atoms with Crippen LogP contribution in [0.25, 0.3) is 10.9 Å². The number of nitrogens with one attached hydrogen (secondary N) is 1. The van der Waals surface area contributed by atoms with E-state index in [1.807, 2.05) is 36.9 Å². The average Bonchev–Trinajstić information content (AvgIpc) is 2.59. The standard InChI is InChI=1S/C20H25N3O2/c1-5-19(24)23-9-8-22(12-14(23)4)16-6-7-18-15(10-16)11-17(13(2)3)20(25)21-18/h5-7,10-11,13-14H,1,8-9,12H2,2-4H3,(H,21,25). The molecule has 2 heterocycles. The number of nitrogens with zero attached hydrogens (tertiary/aromatic N) is 2. The van der Waals surface area contributed by atoms with Crippen molar-refractivity contribution >= 4 is 22.5 Å². The van der Waals surface area contributed by atoms with E-state index in [2.05, 4.69) is 29.5 Å². The Balaban J connectivity index is 1.89. The van der Waals surface area contributed by atoms with Gasteiger partial charge in [0.05, 0.1) is 0 Å². The number of hydrogen-bond acceptors (Lipinski definition) is 3. The summed E-state index contributed by atoms with van der Waals surface area (Å²) in [6.45, 7) is 11.9. The van der Waals surface area contributed by atoms with Crippen molar-refractivity contribution in [3.63, 3.8) is 0 Å². The highest BCUT2D eigenvalue weighted by Gasteiger charge is 2.26. The van der Waals surface area contributed by atoms with E-state index in [-0.39, 0.29) is 23.4 Å². The molecule has 1 amide bonds. The summed E-state index contributed by atoms with van der Waals surface area (Å²) in [7, 11) is 0. The fourth-order valence-electron chi connectivity index (χ4n) is 3.47. The first-order valence-corrected chi connectivity index (χ1v) is 8.75. The number of carbonyl (C=O) groups is 1. The van der Waals surface area contributed by atoms with Crippen molar-refractivity contribution in [3.8, 4) is 0 Å². The van der Waals surface area contributed by atoms with Crippen LogP contribution in [0.5, 0.6) is 0 Å². The van der Waals surface area contributed by atoms with Crippen LogP contribution in [0.4, 0.5) is 5.69 Å². The number of aromatic nitrogens is 1. The van der Waals surface area contributed by atoms with Crippen LogP contribution < -0.4 is 10.5 Å². The van der Waals surface area contributed by atoms with Gasteiger partial charge in [-0.1, -0.05) is 20.4 Å². The van der Waals surface area contributed by atoms with E-state index >= 15 is 0 Å². The number of piperazine rings is 1. The minimum atomic E-state index is -0.0135. The van der Waals surface area contributed by atoms with Gasteiger partial charge in [0.25, 0.3) is 5.56 Å². The minimum absolute atomic E-state index is 0.00943. The minimum Gasteiger partial charge on any atom is -0.368 e. The smallest absolute Gasteiger partial charge is 0.251 e. The zero-order chi connectivity index (χ0) is 18.1. The lowest BCUT2D eigenvalue weighted by atomic mass is 10.0. The molecule has 0 spiro atoms. The summed E-state index contributed by atoms with van der Waals surface area (Å²) in [6.07, 6.45) is 1.38. The lowest BCUT2D eigenvalue weighted by molar-refractivity contribution is -0.128. The van der Waals surface area contributed by atoms with E-state index in [9.17, 15) is 9.59 Å². The zero-order valence-electron chi connectivity index (χ0n) is 15.1. The molecule has 1 aromatic carbocycles. The predicted octanol–water partition coefficient (Wildman–Crippen LogP) is 2.87. The molecule has 1 fully saturated rings. The van der Waals surface area contributed by atoms with Crippen molar-refractivity contribution in [2.75, 3.05) is 24.5 Å². The first kappa shape index (κ1) is 17.3.